The van der Waals surface area contributed by atoms with Crippen molar-refractivity contribution in [3.8, 4) is 0 Å². The molecule has 0 unspecified atom stereocenters. The molecule has 3 rings (SSSR count). The molecule has 0 spiro atoms. The third kappa shape index (κ3) is 3.04. The van der Waals surface area contributed by atoms with E-state index in [4.69, 9.17) is 0 Å². The monoisotopic (exact) mass is 373 g/mol. The average molecular weight is 374 g/mol. The zero-order valence-electron chi connectivity index (χ0n) is 12.0. The van der Waals surface area contributed by atoms with E-state index in [0.717, 1.165) is 18.8 Å². The lowest BCUT2D eigenvalue weighted by atomic mass is 10.0. The predicted octanol–water partition coefficient (Wildman–Crippen LogP) is 2.72. The fourth-order valence-electron chi connectivity index (χ4n) is 2.98. The SMILES string of the molecule is Cc1c(Br)cc(CO)cc1S(=O)(=O)NCC1(C2CC2)CC1. The molecular formula is C15H20BrNO3S. The van der Waals surface area contributed by atoms with Gasteiger partial charge in [0.2, 0.25) is 10.0 Å². The van der Waals surface area contributed by atoms with Crippen LogP contribution in [0.15, 0.2) is 21.5 Å². The lowest BCUT2D eigenvalue weighted by molar-refractivity contribution is 0.281. The summed E-state index contributed by atoms with van der Waals surface area (Å²) in [5.41, 5.74) is 1.50. The molecule has 1 aromatic rings. The Morgan fingerprint density at radius 2 is 2.05 bits per heavy atom. The third-order valence-electron chi connectivity index (χ3n) is 4.78. The van der Waals surface area contributed by atoms with Gasteiger partial charge in [0.25, 0.3) is 0 Å². The van der Waals surface area contributed by atoms with Crippen LogP contribution < -0.4 is 4.72 Å². The van der Waals surface area contributed by atoms with E-state index >= 15 is 0 Å². The van der Waals surface area contributed by atoms with Crippen molar-refractivity contribution in [1.29, 1.82) is 0 Å². The Labute approximate surface area is 134 Å². The summed E-state index contributed by atoms with van der Waals surface area (Å²) in [7, 11) is -3.54. The molecule has 0 saturated heterocycles. The third-order valence-corrected chi connectivity index (χ3v) is 7.13. The summed E-state index contributed by atoms with van der Waals surface area (Å²) in [6, 6.07) is 3.31. The molecule has 4 nitrogen and oxygen atoms in total. The van der Waals surface area contributed by atoms with E-state index in [-0.39, 0.29) is 16.9 Å². The molecule has 0 radical (unpaired) electrons. The number of rotatable bonds is 6. The van der Waals surface area contributed by atoms with Crippen molar-refractivity contribution in [1.82, 2.24) is 4.72 Å². The molecule has 0 aromatic heterocycles. The molecule has 0 amide bonds. The smallest absolute Gasteiger partial charge is 0.240 e. The van der Waals surface area contributed by atoms with Crippen LogP contribution >= 0.6 is 15.9 Å². The first-order valence-electron chi connectivity index (χ1n) is 7.27. The van der Waals surface area contributed by atoms with Crippen molar-refractivity contribution >= 4 is 26.0 Å². The minimum absolute atomic E-state index is 0.173. The number of sulfonamides is 1. The second-order valence-electron chi connectivity index (χ2n) is 6.32. The van der Waals surface area contributed by atoms with Gasteiger partial charge >= 0.3 is 0 Å². The van der Waals surface area contributed by atoms with E-state index < -0.39 is 10.0 Å². The van der Waals surface area contributed by atoms with Crippen LogP contribution in [0, 0.1) is 18.3 Å². The summed E-state index contributed by atoms with van der Waals surface area (Å²) in [5.74, 6) is 0.719. The zero-order chi connectivity index (χ0) is 15.3. The second-order valence-corrected chi connectivity index (χ2v) is 8.91. The second kappa shape index (κ2) is 5.33. The minimum atomic E-state index is -3.54. The highest BCUT2D eigenvalue weighted by Gasteiger charge is 2.53. The number of nitrogens with one attached hydrogen (secondary N) is 1. The molecule has 1 aromatic carbocycles. The van der Waals surface area contributed by atoms with Crippen molar-refractivity contribution in [3.63, 3.8) is 0 Å². The van der Waals surface area contributed by atoms with Crippen LogP contribution in [0.2, 0.25) is 0 Å². The Hall–Kier alpha value is -0.430. The number of benzene rings is 1. The molecule has 6 heteroatoms. The molecular weight excluding hydrogens is 354 g/mol. The van der Waals surface area contributed by atoms with Crippen molar-refractivity contribution in [3.05, 3.63) is 27.7 Å². The zero-order valence-corrected chi connectivity index (χ0v) is 14.4. The van der Waals surface area contributed by atoms with E-state index in [1.807, 2.05) is 0 Å². The van der Waals surface area contributed by atoms with Gasteiger partial charge in [0.1, 0.15) is 0 Å². The van der Waals surface area contributed by atoms with Gasteiger partial charge in [0.05, 0.1) is 11.5 Å². The van der Waals surface area contributed by atoms with Gasteiger partial charge in [0.15, 0.2) is 0 Å². The Bertz CT molecular complexity index is 664. The van der Waals surface area contributed by atoms with Gasteiger partial charge in [-0.05, 0) is 67.2 Å². The van der Waals surface area contributed by atoms with Gasteiger partial charge in [-0.2, -0.15) is 0 Å². The lowest BCUT2D eigenvalue weighted by Gasteiger charge is -2.17. The molecule has 21 heavy (non-hydrogen) atoms. The molecule has 0 aliphatic heterocycles. The van der Waals surface area contributed by atoms with E-state index in [1.54, 1.807) is 19.1 Å². The van der Waals surface area contributed by atoms with Crippen molar-refractivity contribution in [2.45, 2.75) is 44.1 Å². The van der Waals surface area contributed by atoms with Gasteiger partial charge in [-0.1, -0.05) is 15.9 Å². The van der Waals surface area contributed by atoms with Crippen molar-refractivity contribution < 1.29 is 13.5 Å². The van der Waals surface area contributed by atoms with Gasteiger partial charge < -0.3 is 5.11 Å². The maximum absolute atomic E-state index is 12.6. The Morgan fingerprint density at radius 3 is 2.57 bits per heavy atom. The standard InChI is InChI=1S/C15H20BrNO3S/c1-10-13(16)6-11(8-18)7-14(10)21(19,20)17-9-15(4-5-15)12-2-3-12/h6-7,12,17-18H,2-5,8-9H2,1H3. The minimum Gasteiger partial charge on any atom is -0.392 e. The van der Waals surface area contributed by atoms with Crippen molar-refractivity contribution in [2.24, 2.45) is 11.3 Å². The molecule has 2 N–H and O–H groups in total. The van der Waals surface area contributed by atoms with E-state index in [0.29, 0.717) is 22.1 Å². The summed E-state index contributed by atoms with van der Waals surface area (Å²) < 4.78 is 28.6. The maximum atomic E-state index is 12.6. The Morgan fingerprint density at radius 1 is 1.38 bits per heavy atom. The normalized spacial score (nSPS) is 20.5. The summed E-state index contributed by atoms with van der Waals surface area (Å²) in [6.45, 7) is 2.14. The van der Waals surface area contributed by atoms with Gasteiger partial charge in [-0.25, -0.2) is 13.1 Å². The fourth-order valence-corrected chi connectivity index (χ4v) is 5.07. The van der Waals surface area contributed by atoms with Crippen LogP contribution in [0.4, 0.5) is 0 Å². The van der Waals surface area contributed by atoms with Crippen LogP contribution in [0.1, 0.15) is 36.8 Å². The quantitative estimate of drug-likeness (QED) is 0.805. The van der Waals surface area contributed by atoms with Gasteiger partial charge in [-0.3, -0.25) is 0 Å². The van der Waals surface area contributed by atoms with Gasteiger partial charge in [-0.15, -0.1) is 0 Å². The summed E-state index contributed by atoms with van der Waals surface area (Å²) in [5, 5.41) is 9.26. The number of aliphatic hydroxyl groups excluding tert-OH is 1. The van der Waals surface area contributed by atoms with E-state index in [9.17, 15) is 13.5 Å². The Balaban J connectivity index is 1.82. The molecule has 2 fully saturated rings. The molecule has 2 aliphatic rings. The molecule has 116 valence electrons. The van der Waals surface area contributed by atoms with Crippen LogP contribution in [0.25, 0.3) is 0 Å². The first-order valence-corrected chi connectivity index (χ1v) is 9.55. The molecule has 2 saturated carbocycles. The Kier molecular flexibility index (Phi) is 3.93. The maximum Gasteiger partial charge on any atom is 0.240 e. The van der Waals surface area contributed by atoms with Crippen LogP contribution in [0.3, 0.4) is 0 Å². The van der Waals surface area contributed by atoms with Crippen LogP contribution in [-0.2, 0) is 16.6 Å². The first-order chi connectivity index (χ1) is 9.88. The molecule has 0 bridgehead atoms. The van der Waals surface area contributed by atoms with E-state index in [2.05, 4.69) is 20.7 Å². The highest BCUT2D eigenvalue weighted by molar-refractivity contribution is 9.10. The predicted molar refractivity (Wildman–Crippen MR) is 84.4 cm³/mol. The van der Waals surface area contributed by atoms with Crippen molar-refractivity contribution in [2.75, 3.05) is 6.54 Å². The number of hydrogen-bond acceptors (Lipinski definition) is 3. The average Bonchev–Trinajstić information content (AvgIpc) is 3.31. The largest absolute Gasteiger partial charge is 0.392 e. The first kappa shape index (κ1) is 15.5. The molecule has 2 aliphatic carbocycles. The number of halogens is 1. The lowest BCUT2D eigenvalue weighted by Crippen LogP contribution is -2.31. The molecule has 0 atom stereocenters. The summed E-state index contributed by atoms with van der Waals surface area (Å²) in [4.78, 5) is 0.257. The summed E-state index contributed by atoms with van der Waals surface area (Å²) in [6.07, 6.45) is 4.76. The molecule has 0 heterocycles. The highest BCUT2D eigenvalue weighted by Crippen LogP contribution is 2.60. The summed E-state index contributed by atoms with van der Waals surface area (Å²) >= 11 is 3.36. The van der Waals surface area contributed by atoms with Crippen LogP contribution in [-0.4, -0.2) is 20.1 Å². The van der Waals surface area contributed by atoms with Crippen LogP contribution in [0.5, 0.6) is 0 Å². The topological polar surface area (TPSA) is 66.4 Å². The highest BCUT2D eigenvalue weighted by atomic mass is 79.9. The van der Waals surface area contributed by atoms with E-state index in [1.165, 1.54) is 12.8 Å². The van der Waals surface area contributed by atoms with Gasteiger partial charge in [0, 0.05) is 11.0 Å². The number of hydrogen-bond donors (Lipinski definition) is 2. The number of aliphatic hydroxyl groups is 1. The fraction of sp³-hybridized carbons (Fsp3) is 0.600.